The Morgan fingerprint density at radius 2 is 0.824 bits per heavy atom. The minimum absolute atomic E-state index is 0. The van der Waals surface area contributed by atoms with Crippen molar-refractivity contribution in [3.8, 4) is 11.5 Å². The molecule has 0 amide bonds. The third kappa shape index (κ3) is 23.6. The van der Waals surface area contributed by atoms with Crippen LogP contribution in [0.1, 0.15) is 11.1 Å². The Labute approximate surface area is 238 Å². The molecule has 0 atom stereocenters. The molecule has 4 rings (SSSR count). The second-order valence-electron chi connectivity index (χ2n) is 5.35. The average Bonchev–Trinajstić information content (AvgIpc) is 2.73. The van der Waals surface area contributed by atoms with Crippen LogP contribution in [-0.4, -0.2) is 0 Å². The standard InChI is InChI=1S/2C9H8O.2Fe.9O.3Ti/c2*1-2-6-9-8(4-1)5-3-7-10-9;;;;;;;;;;;;;;/h2*1-4,6-7H,5H2;;;;;;;;;;;;;;/q;;2*+3;;;;6*-1;;;. The maximum atomic E-state index is 8.58. The normalized spacial score (nSPS) is 10.5. The molecule has 0 saturated carbocycles. The molecular formula is C18H16Fe2O11Ti3. The zero-order chi connectivity index (χ0) is 24.4. The van der Waals surface area contributed by atoms with Gasteiger partial charge >= 0.3 is 122 Å². The summed E-state index contributed by atoms with van der Waals surface area (Å²) in [6.45, 7) is 0. The molecule has 2 radical (unpaired) electrons. The topological polar surface area (TPSA) is 208 Å². The number of benzene rings is 2. The second kappa shape index (κ2) is 24.6. The minimum atomic E-state index is -4.08. The van der Waals surface area contributed by atoms with E-state index in [1.807, 2.05) is 48.6 Å². The van der Waals surface area contributed by atoms with Crippen LogP contribution >= 0.6 is 0 Å². The Balaban J connectivity index is -0.000000377. The summed E-state index contributed by atoms with van der Waals surface area (Å²) in [6.07, 6.45) is 9.50. The Morgan fingerprint density at radius 1 is 0.559 bits per heavy atom. The van der Waals surface area contributed by atoms with Gasteiger partial charge in [-0.3, -0.25) is 0 Å². The van der Waals surface area contributed by atoms with Gasteiger partial charge < -0.3 is 9.47 Å². The molecule has 182 valence electrons. The Hall–Kier alpha value is -0.138. The van der Waals surface area contributed by atoms with Crippen molar-refractivity contribution in [2.75, 3.05) is 0 Å². The molecular weight excluding hydrogens is 647 g/mol. The Kier molecular flexibility index (Phi) is 27.7. The van der Waals surface area contributed by atoms with E-state index in [0.29, 0.717) is 0 Å². The fourth-order valence-electron chi connectivity index (χ4n) is 2.17. The summed E-state index contributed by atoms with van der Waals surface area (Å²) in [6, 6.07) is 16.2. The molecule has 2 aliphatic rings. The Bertz CT molecular complexity index is 791. The van der Waals surface area contributed by atoms with E-state index in [0.717, 1.165) is 24.3 Å². The third-order valence-corrected chi connectivity index (χ3v) is 3.20. The Morgan fingerprint density at radius 3 is 1.09 bits per heavy atom. The van der Waals surface area contributed by atoms with Crippen molar-refractivity contribution in [2.45, 2.75) is 12.8 Å². The van der Waals surface area contributed by atoms with Gasteiger partial charge in [-0.2, -0.15) is 0 Å². The van der Waals surface area contributed by atoms with E-state index in [1.165, 1.54) is 11.1 Å². The zero-order valence-electron chi connectivity index (χ0n) is 17.0. The number of allylic oxidation sites excluding steroid dienone is 2. The van der Waals surface area contributed by atoms with Gasteiger partial charge in [0.05, 0.1) is 12.5 Å². The van der Waals surface area contributed by atoms with Crippen LogP contribution in [0.2, 0.25) is 0 Å². The van der Waals surface area contributed by atoms with Gasteiger partial charge in [0, 0.05) is 0 Å². The molecule has 34 heavy (non-hydrogen) atoms. The summed E-state index contributed by atoms with van der Waals surface area (Å²) in [5.74, 6) is 1.98. The molecule has 0 aromatic heterocycles. The van der Waals surface area contributed by atoms with Gasteiger partial charge in [0.15, 0.2) is 0 Å². The summed E-state index contributed by atoms with van der Waals surface area (Å²) in [7, 11) is 0. The van der Waals surface area contributed by atoms with Gasteiger partial charge in [0.1, 0.15) is 11.5 Å². The molecule has 11 nitrogen and oxygen atoms in total. The van der Waals surface area contributed by atoms with Crippen LogP contribution in [0.3, 0.4) is 0 Å². The first-order chi connectivity index (χ1) is 15.1. The molecule has 0 unspecified atom stereocenters. The molecule has 2 aliphatic heterocycles. The number of ether oxygens (including phenoxy) is 2. The van der Waals surface area contributed by atoms with Crippen molar-refractivity contribution in [2.24, 2.45) is 0 Å². The summed E-state index contributed by atoms with van der Waals surface area (Å²) in [4.78, 5) is 0. The molecule has 0 N–H and O–H groups in total. The van der Waals surface area contributed by atoms with Crippen LogP contribution < -0.4 is 31.6 Å². The predicted octanol–water partition coefficient (Wildman–Crippen LogP) is -3.23. The molecule has 0 fully saturated rings. The number of rotatable bonds is 0. The van der Waals surface area contributed by atoms with Crippen molar-refractivity contribution in [3.63, 3.8) is 0 Å². The molecule has 16 heteroatoms. The van der Waals surface area contributed by atoms with E-state index in [4.69, 9.17) is 41.6 Å². The monoisotopic (exact) mass is 664 g/mol. The summed E-state index contributed by atoms with van der Waals surface area (Å²) in [5, 5.41) is 0. The van der Waals surface area contributed by atoms with E-state index in [-0.39, 0.29) is 34.1 Å². The van der Waals surface area contributed by atoms with Crippen molar-refractivity contribution in [1.29, 1.82) is 0 Å². The summed E-state index contributed by atoms with van der Waals surface area (Å²) < 4.78 is 87.7. The fourth-order valence-corrected chi connectivity index (χ4v) is 2.17. The van der Waals surface area contributed by atoms with Crippen molar-refractivity contribution < 1.29 is 132 Å². The van der Waals surface area contributed by atoms with E-state index >= 15 is 0 Å². The van der Waals surface area contributed by atoms with Gasteiger partial charge in [-0.05, 0) is 48.3 Å². The van der Waals surface area contributed by atoms with Gasteiger partial charge in [-0.25, -0.2) is 0 Å². The predicted molar refractivity (Wildman–Crippen MR) is 81.9 cm³/mol. The van der Waals surface area contributed by atoms with E-state index in [1.54, 1.807) is 12.5 Å². The van der Waals surface area contributed by atoms with Crippen LogP contribution in [0.5, 0.6) is 11.5 Å². The van der Waals surface area contributed by atoms with Crippen LogP contribution in [0.25, 0.3) is 0 Å². The summed E-state index contributed by atoms with van der Waals surface area (Å²) in [5.41, 5.74) is 2.54. The number of fused-ring (bicyclic) bond motifs is 2. The summed E-state index contributed by atoms with van der Waals surface area (Å²) >= 11 is -12.2. The van der Waals surface area contributed by atoms with Crippen LogP contribution in [0.4, 0.5) is 0 Å². The van der Waals surface area contributed by atoms with Crippen molar-refractivity contribution >= 4 is 0 Å². The zero-order valence-corrected chi connectivity index (χ0v) is 23.9. The van der Waals surface area contributed by atoms with Gasteiger partial charge in [0.25, 0.3) is 0 Å². The third-order valence-electron chi connectivity index (χ3n) is 3.20. The quantitative estimate of drug-likeness (QED) is 0.256. The SMILES string of the molecule is C1=COc2ccccc2C1.C1=COc2ccccc2C1.[Fe+3].[Fe+3].[O]=[Ti]([O-])[O-].[O]=[Ti]([O-])[O-].[O]=[Ti]([O-])[O-]. The van der Waals surface area contributed by atoms with Crippen LogP contribution in [-0.2, 0) is 113 Å². The molecule has 0 bridgehead atoms. The van der Waals surface area contributed by atoms with E-state index in [9.17, 15) is 0 Å². The van der Waals surface area contributed by atoms with Crippen LogP contribution in [0.15, 0.2) is 73.2 Å². The average molecular weight is 664 g/mol. The molecule has 0 saturated heterocycles. The van der Waals surface area contributed by atoms with Gasteiger partial charge in [-0.15, -0.1) is 0 Å². The fraction of sp³-hybridized carbons (Fsp3) is 0.111. The van der Waals surface area contributed by atoms with Crippen molar-refractivity contribution in [3.05, 3.63) is 84.3 Å². The first-order valence-corrected chi connectivity index (χ1v) is 14.3. The van der Waals surface area contributed by atoms with Gasteiger partial charge in [0.2, 0.25) is 0 Å². The first-order valence-electron chi connectivity index (χ1n) is 8.56. The molecule has 0 aliphatic carbocycles. The van der Waals surface area contributed by atoms with Crippen LogP contribution in [0, 0.1) is 0 Å². The number of hydrogen-bond donors (Lipinski definition) is 0. The number of para-hydroxylation sites is 2. The van der Waals surface area contributed by atoms with E-state index in [2.05, 4.69) is 12.1 Å². The first kappa shape index (κ1) is 38.4. The van der Waals surface area contributed by atoms with E-state index < -0.39 is 55.8 Å². The number of hydrogen-bond acceptors (Lipinski definition) is 11. The second-order valence-corrected chi connectivity index (χ2v) is 7.70. The molecule has 2 aromatic rings. The molecule has 2 aromatic carbocycles. The molecule has 0 spiro atoms. The van der Waals surface area contributed by atoms with Crippen molar-refractivity contribution in [1.82, 2.24) is 0 Å². The maximum absolute atomic E-state index is 8.58. The van der Waals surface area contributed by atoms with Gasteiger partial charge in [-0.1, -0.05) is 36.4 Å². The molecule has 2 heterocycles.